The van der Waals surface area contributed by atoms with Crippen molar-refractivity contribution >= 4 is 51.1 Å². The van der Waals surface area contributed by atoms with Gasteiger partial charge in [0.05, 0.1) is 16.3 Å². The zero-order valence-corrected chi connectivity index (χ0v) is 21.5. The average Bonchev–Trinajstić information content (AvgIpc) is 3.60. The number of carbonyl (C=O) groups excluding carboxylic acids is 1. The molecule has 2 aliphatic rings. The van der Waals surface area contributed by atoms with Crippen LogP contribution in [0.5, 0.6) is 0 Å². The molecule has 0 radical (unpaired) electrons. The molecule has 1 saturated heterocycles. The maximum Gasteiger partial charge on any atom is 0.251 e. The lowest BCUT2D eigenvalue weighted by Crippen LogP contribution is -2.43. The first-order valence-corrected chi connectivity index (χ1v) is 13.5. The van der Waals surface area contributed by atoms with Crippen molar-refractivity contribution < 1.29 is 4.79 Å². The van der Waals surface area contributed by atoms with Gasteiger partial charge in [-0.1, -0.05) is 30.3 Å². The number of anilines is 3. The van der Waals surface area contributed by atoms with Gasteiger partial charge in [-0.15, -0.1) is 11.3 Å². The molecular weight excluding hydrogens is 482 g/mol. The van der Waals surface area contributed by atoms with Gasteiger partial charge in [0, 0.05) is 29.9 Å². The molecule has 2 N–H and O–H groups in total. The van der Waals surface area contributed by atoms with E-state index in [9.17, 15) is 4.79 Å². The number of amides is 1. The number of fused-ring (bicyclic) bond motifs is 1. The number of piperidine rings is 1. The van der Waals surface area contributed by atoms with E-state index in [1.807, 2.05) is 53.0 Å². The van der Waals surface area contributed by atoms with Gasteiger partial charge in [0.1, 0.15) is 0 Å². The van der Waals surface area contributed by atoms with E-state index in [0.717, 1.165) is 54.1 Å². The molecule has 0 spiro atoms. The maximum absolute atomic E-state index is 12.7. The van der Waals surface area contributed by atoms with Crippen molar-refractivity contribution in [3.63, 3.8) is 0 Å². The van der Waals surface area contributed by atoms with E-state index in [4.69, 9.17) is 9.97 Å². The van der Waals surface area contributed by atoms with Gasteiger partial charge in [-0.2, -0.15) is 10.1 Å². The average molecular weight is 512 g/mol. The number of hydrogen-bond acceptors (Lipinski definition) is 8. The Labute approximate surface area is 220 Å². The Kier molecular flexibility index (Phi) is 6.55. The van der Waals surface area contributed by atoms with Crippen molar-refractivity contribution in [2.24, 2.45) is 5.10 Å². The molecule has 8 nitrogen and oxygen atoms in total. The van der Waals surface area contributed by atoms with Crippen LogP contribution < -0.4 is 15.6 Å². The Morgan fingerprint density at radius 2 is 1.78 bits per heavy atom. The molecule has 2 aromatic carbocycles. The van der Waals surface area contributed by atoms with Gasteiger partial charge >= 0.3 is 0 Å². The first-order chi connectivity index (χ1) is 18.1. The van der Waals surface area contributed by atoms with Crippen LogP contribution in [0.3, 0.4) is 0 Å². The number of rotatable bonds is 6. The molecule has 9 heteroatoms. The summed E-state index contributed by atoms with van der Waals surface area (Å²) in [5, 5.41) is 15.2. The molecule has 1 atom stereocenters. The number of hydrazone groups is 1. The third-order valence-electron chi connectivity index (χ3n) is 6.97. The van der Waals surface area contributed by atoms with Gasteiger partial charge in [0.2, 0.25) is 5.95 Å². The molecule has 2 aromatic heterocycles. The second-order valence-electron chi connectivity index (χ2n) is 9.56. The lowest BCUT2D eigenvalue weighted by molar-refractivity contribution is 0.0917. The zero-order valence-electron chi connectivity index (χ0n) is 20.7. The minimum atomic E-state index is -0.0295. The summed E-state index contributed by atoms with van der Waals surface area (Å²) in [5.41, 5.74) is 3.55. The predicted octanol–water partition coefficient (Wildman–Crippen LogP) is 5.20. The standard InChI is InChI=1S/C28H29N7OS/c1-34-16-12-22(13-17-34)30-27(36)20-7-9-21(10-8-20)31-28-32-23-14-18-37-25(23)26(33-28)35-24(11-15-29-35)19-5-3-2-4-6-19/h2-10,14-15,18,22,24H,11-13,16-17H2,1H3,(H,30,36)(H,31,32,33). The number of hydrogen-bond donors (Lipinski definition) is 2. The fraction of sp³-hybridized carbons (Fsp3) is 0.286. The van der Waals surface area contributed by atoms with Crippen LogP contribution in [0, 0.1) is 0 Å². The summed E-state index contributed by atoms with van der Waals surface area (Å²) in [4.78, 5) is 24.6. The molecule has 0 bridgehead atoms. The van der Waals surface area contributed by atoms with Gasteiger partial charge in [-0.25, -0.2) is 9.99 Å². The van der Waals surface area contributed by atoms with Crippen LogP contribution in [0.4, 0.5) is 17.5 Å². The van der Waals surface area contributed by atoms with Crippen LogP contribution in [-0.2, 0) is 0 Å². The zero-order chi connectivity index (χ0) is 25.2. The second-order valence-corrected chi connectivity index (χ2v) is 10.5. The Morgan fingerprint density at radius 1 is 1.00 bits per heavy atom. The molecule has 188 valence electrons. The van der Waals surface area contributed by atoms with Gasteiger partial charge in [0.25, 0.3) is 5.91 Å². The summed E-state index contributed by atoms with van der Waals surface area (Å²) in [6.07, 6.45) is 4.74. The minimum Gasteiger partial charge on any atom is -0.349 e. The second kappa shape index (κ2) is 10.3. The smallest absolute Gasteiger partial charge is 0.251 e. The first-order valence-electron chi connectivity index (χ1n) is 12.6. The van der Waals surface area contributed by atoms with E-state index >= 15 is 0 Å². The van der Waals surface area contributed by atoms with E-state index in [-0.39, 0.29) is 18.0 Å². The Bertz CT molecular complexity index is 1410. The SMILES string of the molecule is CN1CCC(NC(=O)c2ccc(Nc3nc(N4N=CCC4c4ccccc4)c4sccc4n3)cc2)CC1. The highest BCUT2D eigenvalue weighted by molar-refractivity contribution is 7.17. The summed E-state index contributed by atoms with van der Waals surface area (Å²) in [7, 11) is 2.12. The normalized spacial score (nSPS) is 18.4. The number of carbonyl (C=O) groups is 1. The lowest BCUT2D eigenvalue weighted by Gasteiger charge is -2.29. The van der Waals surface area contributed by atoms with Crippen molar-refractivity contribution in [2.45, 2.75) is 31.3 Å². The minimum absolute atomic E-state index is 0.0295. The third-order valence-corrected chi connectivity index (χ3v) is 7.87. The van der Waals surface area contributed by atoms with Crippen molar-refractivity contribution in [1.82, 2.24) is 20.2 Å². The summed E-state index contributed by atoms with van der Waals surface area (Å²) >= 11 is 1.62. The van der Waals surface area contributed by atoms with Crippen LogP contribution in [0.2, 0.25) is 0 Å². The van der Waals surface area contributed by atoms with Gasteiger partial charge < -0.3 is 15.5 Å². The highest BCUT2D eigenvalue weighted by Crippen LogP contribution is 2.38. The number of aromatic nitrogens is 2. The number of nitrogens with zero attached hydrogens (tertiary/aromatic N) is 5. The van der Waals surface area contributed by atoms with Crippen LogP contribution in [0.15, 0.2) is 71.1 Å². The molecule has 37 heavy (non-hydrogen) atoms. The largest absolute Gasteiger partial charge is 0.349 e. The number of benzene rings is 2. The molecule has 0 saturated carbocycles. The van der Waals surface area contributed by atoms with Gasteiger partial charge in [-0.05, 0) is 74.3 Å². The van der Waals surface area contributed by atoms with Crippen LogP contribution in [0.25, 0.3) is 10.2 Å². The molecule has 1 fully saturated rings. The summed E-state index contributed by atoms with van der Waals surface area (Å²) < 4.78 is 1.01. The topological polar surface area (TPSA) is 85.8 Å². The summed E-state index contributed by atoms with van der Waals surface area (Å²) in [6.45, 7) is 2.03. The van der Waals surface area contributed by atoms with E-state index in [2.05, 4.69) is 51.9 Å². The number of likely N-dealkylation sites (tertiary alicyclic amines) is 1. The van der Waals surface area contributed by atoms with Crippen molar-refractivity contribution in [1.29, 1.82) is 0 Å². The molecule has 6 rings (SSSR count). The lowest BCUT2D eigenvalue weighted by atomic mass is 10.0. The monoisotopic (exact) mass is 511 g/mol. The van der Waals surface area contributed by atoms with Crippen molar-refractivity contribution in [3.8, 4) is 0 Å². The molecular formula is C28H29N7OS. The third kappa shape index (κ3) is 5.05. The fourth-order valence-corrected chi connectivity index (χ4v) is 5.70. The molecule has 0 aliphatic carbocycles. The highest BCUT2D eigenvalue weighted by Gasteiger charge is 2.28. The fourth-order valence-electron chi connectivity index (χ4n) is 4.88. The quantitative estimate of drug-likeness (QED) is 0.370. The van der Waals surface area contributed by atoms with E-state index in [0.29, 0.717) is 11.5 Å². The van der Waals surface area contributed by atoms with E-state index in [1.54, 1.807) is 11.3 Å². The molecule has 4 heterocycles. The van der Waals surface area contributed by atoms with Gasteiger partial charge in [-0.3, -0.25) is 4.79 Å². The molecule has 1 unspecified atom stereocenters. The predicted molar refractivity (Wildman–Crippen MR) is 150 cm³/mol. The summed E-state index contributed by atoms with van der Waals surface area (Å²) in [6, 6.07) is 20.2. The highest BCUT2D eigenvalue weighted by atomic mass is 32.1. The molecule has 2 aliphatic heterocycles. The van der Waals surface area contributed by atoms with Crippen LogP contribution in [0.1, 0.15) is 41.2 Å². The molecule has 1 amide bonds. The molecule has 4 aromatic rings. The first kappa shape index (κ1) is 23.6. The number of nitrogens with one attached hydrogen (secondary N) is 2. The Morgan fingerprint density at radius 3 is 2.57 bits per heavy atom. The van der Waals surface area contributed by atoms with Crippen LogP contribution in [-0.4, -0.2) is 53.2 Å². The van der Waals surface area contributed by atoms with E-state index in [1.165, 1.54) is 5.56 Å². The Hall–Kier alpha value is -3.82. The van der Waals surface area contributed by atoms with Crippen molar-refractivity contribution in [2.75, 3.05) is 30.5 Å². The Balaban J connectivity index is 1.20. The van der Waals surface area contributed by atoms with Gasteiger partial charge in [0.15, 0.2) is 5.82 Å². The van der Waals surface area contributed by atoms with Crippen molar-refractivity contribution in [3.05, 3.63) is 77.2 Å². The maximum atomic E-state index is 12.7. The van der Waals surface area contributed by atoms with Crippen LogP contribution >= 0.6 is 11.3 Å². The number of thiophene rings is 1. The van der Waals surface area contributed by atoms with E-state index < -0.39 is 0 Å². The summed E-state index contributed by atoms with van der Waals surface area (Å²) in [5.74, 6) is 1.26.